The van der Waals surface area contributed by atoms with E-state index >= 15 is 0 Å². The average molecular weight is 268 g/mol. The van der Waals surface area contributed by atoms with E-state index < -0.39 is 4.92 Å². The van der Waals surface area contributed by atoms with Crippen LogP contribution in [0.25, 0.3) is 17.2 Å². The molecule has 20 heavy (non-hydrogen) atoms. The van der Waals surface area contributed by atoms with Gasteiger partial charge in [0.1, 0.15) is 0 Å². The number of nitrogens with zero attached hydrogens (tertiary/aromatic N) is 6. The van der Waals surface area contributed by atoms with Crippen molar-refractivity contribution in [1.82, 2.24) is 25.2 Å². The molecule has 0 bridgehead atoms. The van der Waals surface area contributed by atoms with Gasteiger partial charge < -0.3 is 0 Å². The fraction of sp³-hybridized carbons (Fsp3) is 0. The fourth-order valence-electron chi connectivity index (χ4n) is 1.73. The third kappa shape index (κ3) is 2.09. The lowest BCUT2D eigenvalue weighted by Crippen LogP contribution is -2.01. The number of non-ortho nitro benzene ring substituents is 1. The van der Waals surface area contributed by atoms with Crippen LogP contribution in [0.3, 0.4) is 0 Å². The van der Waals surface area contributed by atoms with E-state index in [0.29, 0.717) is 17.2 Å². The third-order valence-electron chi connectivity index (χ3n) is 2.67. The van der Waals surface area contributed by atoms with E-state index in [9.17, 15) is 10.1 Å². The van der Waals surface area contributed by atoms with Crippen LogP contribution in [-0.2, 0) is 0 Å². The second-order valence-corrected chi connectivity index (χ2v) is 3.91. The number of hydrogen-bond acceptors (Lipinski definition) is 6. The van der Waals surface area contributed by atoms with Crippen LogP contribution in [0.4, 0.5) is 5.69 Å². The molecule has 2 heterocycles. The van der Waals surface area contributed by atoms with E-state index in [0.717, 1.165) is 0 Å². The van der Waals surface area contributed by atoms with Crippen molar-refractivity contribution in [3.8, 4) is 17.2 Å². The summed E-state index contributed by atoms with van der Waals surface area (Å²) in [5, 5.41) is 22.1. The number of rotatable bonds is 3. The first-order chi connectivity index (χ1) is 9.75. The summed E-state index contributed by atoms with van der Waals surface area (Å²) in [5.74, 6) is 1.05. The smallest absolute Gasteiger partial charge is 0.258 e. The molecule has 3 rings (SSSR count). The Morgan fingerprint density at radius 3 is 2.55 bits per heavy atom. The lowest BCUT2D eigenvalue weighted by Gasteiger charge is -2.02. The van der Waals surface area contributed by atoms with Crippen LogP contribution >= 0.6 is 0 Å². The van der Waals surface area contributed by atoms with Gasteiger partial charge in [-0.3, -0.25) is 10.1 Å². The zero-order chi connectivity index (χ0) is 13.9. The van der Waals surface area contributed by atoms with E-state index in [1.807, 2.05) is 6.07 Å². The van der Waals surface area contributed by atoms with Crippen LogP contribution in [-0.4, -0.2) is 30.1 Å². The monoisotopic (exact) mass is 268 g/mol. The van der Waals surface area contributed by atoms with Crippen LogP contribution in [0.15, 0.2) is 48.7 Å². The molecule has 3 aromatic rings. The van der Waals surface area contributed by atoms with Crippen molar-refractivity contribution in [3.05, 3.63) is 58.8 Å². The van der Waals surface area contributed by atoms with Crippen molar-refractivity contribution in [2.24, 2.45) is 0 Å². The Hall–Kier alpha value is -3.16. The van der Waals surface area contributed by atoms with Crippen molar-refractivity contribution >= 4 is 5.69 Å². The van der Waals surface area contributed by atoms with Crippen LogP contribution in [0.1, 0.15) is 0 Å². The second-order valence-electron chi connectivity index (χ2n) is 3.91. The van der Waals surface area contributed by atoms with Gasteiger partial charge in [-0.15, -0.1) is 5.10 Å². The van der Waals surface area contributed by atoms with E-state index in [4.69, 9.17) is 0 Å². The summed E-state index contributed by atoms with van der Waals surface area (Å²) in [7, 11) is 0. The zero-order valence-corrected chi connectivity index (χ0v) is 10.1. The quantitative estimate of drug-likeness (QED) is 0.528. The van der Waals surface area contributed by atoms with Gasteiger partial charge in [-0.1, -0.05) is 6.07 Å². The van der Waals surface area contributed by atoms with Gasteiger partial charge in [0, 0.05) is 23.9 Å². The van der Waals surface area contributed by atoms with Crippen LogP contribution < -0.4 is 0 Å². The molecule has 8 heteroatoms. The predicted octanol–water partition coefficient (Wildman–Crippen LogP) is 1.63. The maximum absolute atomic E-state index is 10.6. The Morgan fingerprint density at radius 1 is 1.10 bits per heavy atom. The first kappa shape index (κ1) is 11.9. The molecule has 0 atom stereocenters. The topological polar surface area (TPSA) is 99.6 Å². The average Bonchev–Trinajstić information content (AvgIpc) is 2.97. The van der Waals surface area contributed by atoms with Gasteiger partial charge in [0.25, 0.3) is 5.69 Å². The molecule has 98 valence electrons. The maximum atomic E-state index is 10.6. The number of nitro groups is 1. The molecule has 0 saturated carbocycles. The Labute approximate surface area is 112 Å². The van der Waals surface area contributed by atoms with Gasteiger partial charge in [0.2, 0.25) is 0 Å². The summed E-state index contributed by atoms with van der Waals surface area (Å²) < 4.78 is 1.47. The normalized spacial score (nSPS) is 10.4. The zero-order valence-electron chi connectivity index (χ0n) is 10.1. The Balaban J connectivity index is 2.04. The summed E-state index contributed by atoms with van der Waals surface area (Å²) in [6, 6.07) is 11.4. The Kier molecular flexibility index (Phi) is 2.88. The molecular formula is C12H8N6O2. The summed E-state index contributed by atoms with van der Waals surface area (Å²) in [6.45, 7) is 0. The number of nitro benzene ring substituents is 1. The largest absolute Gasteiger partial charge is 0.269 e. The highest BCUT2D eigenvalue weighted by Crippen LogP contribution is 2.21. The summed E-state index contributed by atoms with van der Waals surface area (Å²) >= 11 is 0. The van der Waals surface area contributed by atoms with Crippen LogP contribution in [0, 0.1) is 10.1 Å². The molecule has 0 fully saturated rings. The third-order valence-corrected chi connectivity index (χ3v) is 2.67. The minimum absolute atomic E-state index is 0.0191. The lowest BCUT2D eigenvalue weighted by molar-refractivity contribution is -0.384. The number of pyridine rings is 1. The number of benzene rings is 1. The van der Waals surface area contributed by atoms with E-state index in [1.165, 1.54) is 16.8 Å². The minimum Gasteiger partial charge on any atom is -0.258 e. The van der Waals surface area contributed by atoms with Gasteiger partial charge in [-0.05, 0) is 34.7 Å². The summed E-state index contributed by atoms with van der Waals surface area (Å²) in [5.41, 5.74) is 0.692. The number of aromatic nitrogens is 5. The van der Waals surface area contributed by atoms with Crippen molar-refractivity contribution < 1.29 is 4.92 Å². The highest BCUT2D eigenvalue weighted by Gasteiger charge is 2.13. The van der Waals surface area contributed by atoms with Gasteiger partial charge in [0.05, 0.1) is 4.92 Å². The predicted molar refractivity (Wildman–Crippen MR) is 69.0 cm³/mol. The molecule has 0 N–H and O–H groups in total. The highest BCUT2D eigenvalue weighted by molar-refractivity contribution is 5.58. The SMILES string of the molecule is O=[N+]([O-])c1ccc(-c2nnnn2-c2ccccn2)cc1. The Bertz CT molecular complexity index is 738. The van der Waals surface area contributed by atoms with Crippen LogP contribution in [0.2, 0.25) is 0 Å². The molecule has 0 spiro atoms. The van der Waals surface area contributed by atoms with Gasteiger partial charge in [0.15, 0.2) is 11.6 Å². The van der Waals surface area contributed by atoms with Gasteiger partial charge in [-0.2, -0.15) is 4.68 Å². The molecule has 0 radical (unpaired) electrons. The van der Waals surface area contributed by atoms with Crippen molar-refractivity contribution in [2.45, 2.75) is 0 Å². The summed E-state index contributed by atoms with van der Waals surface area (Å²) in [4.78, 5) is 14.3. The second kappa shape index (κ2) is 4.84. The number of hydrogen-bond donors (Lipinski definition) is 0. The maximum Gasteiger partial charge on any atom is 0.269 e. The van der Waals surface area contributed by atoms with Gasteiger partial charge >= 0.3 is 0 Å². The molecule has 0 aliphatic rings. The van der Waals surface area contributed by atoms with Crippen molar-refractivity contribution in [3.63, 3.8) is 0 Å². The molecular weight excluding hydrogens is 260 g/mol. The molecule has 0 amide bonds. The lowest BCUT2D eigenvalue weighted by atomic mass is 10.2. The van der Waals surface area contributed by atoms with E-state index in [-0.39, 0.29) is 5.69 Å². The Morgan fingerprint density at radius 2 is 1.90 bits per heavy atom. The standard InChI is InChI=1S/C12H8N6O2/c19-18(20)10-6-4-9(5-7-10)12-14-15-16-17(12)11-3-1-2-8-13-11/h1-8H. The summed E-state index contributed by atoms with van der Waals surface area (Å²) in [6.07, 6.45) is 1.64. The first-order valence-electron chi connectivity index (χ1n) is 5.70. The van der Waals surface area contributed by atoms with Crippen LogP contribution in [0.5, 0.6) is 0 Å². The highest BCUT2D eigenvalue weighted by atomic mass is 16.6. The minimum atomic E-state index is -0.453. The fourth-order valence-corrected chi connectivity index (χ4v) is 1.73. The van der Waals surface area contributed by atoms with E-state index in [1.54, 1.807) is 30.5 Å². The molecule has 0 aliphatic heterocycles. The number of tetrazole rings is 1. The molecule has 0 unspecified atom stereocenters. The van der Waals surface area contributed by atoms with Gasteiger partial charge in [-0.25, -0.2) is 4.98 Å². The van der Waals surface area contributed by atoms with Crippen molar-refractivity contribution in [1.29, 1.82) is 0 Å². The van der Waals surface area contributed by atoms with E-state index in [2.05, 4.69) is 20.5 Å². The van der Waals surface area contributed by atoms with Crippen molar-refractivity contribution in [2.75, 3.05) is 0 Å². The molecule has 8 nitrogen and oxygen atoms in total. The first-order valence-corrected chi connectivity index (χ1v) is 5.70. The molecule has 0 saturated heterocycles. The molecule has 1 aromatic carbocycles. The molecule has 0 aliphatic carbocycles. The molecule has 2 aromatic heterocycles.